The first kappa shape index (κ1) is 23.4. The molecule has 0 spiro atoms. The topological polar surface area (TPSA) is 59.1 Å². The van der Waals surface area contributed by atoms with Gasteiger partial charge in [0.1, 0.15) is 11.5 Å². The summed E-state index contributed by atoms with van der Waals surface area (Å²) in [6.07, 6.45) is -3.71. The lowest BCUT2D eigenvalue weighted by Crippen LogP contribution is -2.50. The number of piperazine rings is 1. The number of alkyl halides is 3. The van der Waals surface area contributed by atoms with Crippen molar-refractivity contribution in [2.24, 2.45) is 0 Å². The number of amides is 2. The maximum atomic E-state index is 12.9. The standard InChI is InChI=1S/C23H25F3N2O4/c1-31-19-12-16(13-20(15-19)32-2)6-7-21(29)27-8-10-28(11-9-27)22(30)17-4-3-5-18(14-17)23(24,25)26/h3-5,12-15H,6-11H2,1-2H3. The Labute approximate surface area is 184 Å². The van der Waals surface area contributed by atoms with Crippen LogP contribution in [0, 0.1) is 0 Å². The highest BCUT2D eigenvalue weighted by Crippen LogP contribution is 2.30. The molecule has 2 amide bonds. The first-order valence-corrected chi connectivity index (χ1v) is 10.2. The lowest BCUT2D eigenvalue weighted by Gasteiger charge is -2.35. The van der Waals surface area contributed by atoms with Gasteiger partial charge in [0.2, 0.25) is 5.91 Å². The fourth-order valence-corrected chi connectivity index (χ4v) is 3.59. The maximum absolute atomic E-state index is 12.9. The van der Waals surface area contributed by atoms with Gasteiger partial charge < -0.3 is 19.3 Å². The zero-order chi connectivity index (χ0) is 23.3. The van der Waals surface area contributed by atoms with Gasteiger partial charge in [-0.1, -0.05) is 6.07 Å². The van der Waals surface area contributed by atoms with E-state index in [4.69, 9.17) is 9.47 Å². The van der Waals surface area contributed by atoms with Crippen molar-refractivity contribution in [1.82, 2.24) is 9.80 Å². The third-order valence-corrected chi connectivity index (χ3v) is 5.40. The fourth-order valence-electron chi connectivity index (χ4n) is 3.59. The molecule has 0 N–H and O–H groups in total. The number of carbonyl (C=O) groups is 2. The Hall–Kier alpha value is -3.23. The summed E-state index contributed by atoms with van der Waals surface area (Å²) < 4.78 is 49.2. The molecule has 0 bridgehead atoms. The van der Waals surface area contributed by atoms with Gasteiger partial charge in [-0.15, -0.1) is 0 Å². The molecule has 9 heteroatoms. The summed E-state index contributed by atoms with van der Waals surface area (Å²) in [5.74, 6) is 0.784. The number of hydrogen-bond donors (Lipinski definition) is 0. The Balaban J connectivity index is 1.54. The van der Waals surface area contributed by atoms with E-state index < -0.39 is 17.6 Å². The van der Waals surface area contributed by atoms with Crippen molar-refractivity contribution < 1.29 is 32.2 Å². The number of nitrogens with zero attached hydrogens (tertiary/aromatic N) is 2. The molecule has 172 valence electrons. The second kappa shape index (κ2) is 9.93. The van der Waals surface area contributed by atoms with Crippen LogP contribution < -0.4 is 9.47 Å². The largest absolute Gasteiger partial charge is 0.497 e. The second-order valence-electron chi connectivity index (χ2n) is 7.47. The van der Waals surface area contributed by atoms with E-state index in [0.29, 0.717) is 31.0 Å². The number of methoxy groups -OCH3 is 2. The number of benzene rings is 2. The van der Waals surface area contributed by atoms with E-state index in [2.05, 4.69) is 0 Å². The minimum Gasteiger partial charge on any atom is -0.497 e. The van der Waals surface area contributed by atoms with E-state index in [0.717, 1.165) is 17.7 Å². The second-order valence-corrected chi connectivity index (χ2v) is 7.47. The van der Waals surface area contributed by atoms with Crippen molar-refractivity contribution in [3.63, 3.8) is 0 Å². The molecule has 1 aliphatic rings. The van der Waals surface area contributed by atoms with Gasteiger partial charge in [0.05, 0.1) is 19.8 Å². The number of ether oxygens (including phenoxy) is 2. The van der Waals surface area contributed by atoms with Crippen LogP contribution in [-0.2, 0) is 17.4 Å². The molecule has 2 aromatic rings. The summed E-state index contributed by atoms with van der Waals surface area (Å²) in [6.45, 7) is 1.22. The Morgan fingerprint density at radius 1 is 0.906 bits per heavy atom. The number of rotatable bonds is 6. The van der Waals surface area contributed by atoms with Gasteiger partial charge in [0.25, 0.3) is 5.91 Å². The van der Waals surface area contributed by atoms with Gasteiger partial charge in [-0.2, -0.15) is 13.2 Å². The lowest BCUT2D eigenvalue weighted by atomic mass is 10.1. The maximum Gasteiger partial charge on any atom is 0.416 e. The van der Waals surface area contributed by atoms with Gasteiger partial charge in [-0.25, -0.2) is 0 Å². The molecule has 0 aliphatic carbocycles. The predicted octanol–water partition coefficient (Wildman–Crippen LogP) is 3.64. The molecule has 1 saturated heterocycles. The van der Waals surface area contributed by atoms with Crippen LogP contribution in [0.1, 0.15) is 27.9 Å². The minimum absolute atomic E-state index is 0.00780. The Morgan fingerprint density at radius 2 is 1.50 bits per heavy atom. The smallest absolute Gasteiger partial charge is 0.416 e. The molecule has 0 unspecified atom stereocenters. The first-order chi connectivity index (χ1) is 15.2. The van der Waals surface area contributed by atoms with Gasteiger partial charge in [0.15, 0.2) is 0 Å². The van der Waals surface area contributed by atoms with Crippen LogP contribution >= 0.6 is 0 Å². The summed E-state index contributed by atoms with van der Waals surface area (Å²) in [4.78, 5) is 28.4. The van der Waals surface area contributed by atoms with Gasteiger partial charge in [-0.3, -0.25) is 9.59 Å². The van der Waals surface area contributed by atoms with Crippen molar-refractivity contribution in [1.29, 1.82) is 0 Å². The Kier molecular flexibility index (Phi) is 7.27. The highest BCUT2D eigenvalue weighted by molar-refractivity contribution is 5.94. The van der Waals surface area contributed by atoms with E-state index in [-0.39, 0.29) is 31.0 Å². The SMILES string of the molecule is COc1cc(CCC(=O)N2CCN(C(=O)c3cccc(C(F)(F)F)c3)CC2)cc(OC)c1. The zero-order valence-electron chi connectivity index (χ0n) is 17.9. The third kappa shape index (κ3) is 5.72. The zero-order valence-corrected chi connectivity index (χ0v) is 17.9. The van der Waals surface area contributed by atoms with Crippen LogP contribution in [0.3, 0.4) is 0 Å². The molecule has 6 nitrogen and oxygen atoms in total. The number of hydrogen-bond acceptors (Lipinski definition) is 4. The summed E-state index contributed by atoms with van der Waals surface area (Å²) in [7, 11) is 3.12. The van der Waals surface area contributed by atoms with E-state index in [9.17, 15) is 22.8 Å². The van der Waals surface area contributed by atoms with Crippen LogP contribution in [0.15, 0.2) is 42.5 Å². The average molecular weight is 450 g/mol. The van der Waals surface area contributed by atoms with Gasteiger partial charge in [0, 0.05) is 44.2 Å². The molecule has 0 saturated carbocycles. The van der Waals surface area contributed by atoms with Crippen LogP contribution in [0.2, 0.25) is 0 Å². The van der Waals surface area contributed by atoms with Crippen molar-refractivity contribution in [3.8, 4) is 11.5 Å². The lowest BCUT2D eigenvalue weighted by molar-refractivity contribution is -0.137. The molecular formula is C23H25F3N2O4. The summed E-state index contributed by atoms with van der Waals surface area (Å²) in [6, 6.07) is 9.85. The molecule has 2 aromatic carbocycles. The molecule has 32 heavy (non-hydrogen) atoms. The quantitative estimate of drug-likeness (QED) is 0.674. The van der Waals surface area contributed by atoms with Crippen LogP contribution in [-0.4, -0.2) is 62.0 Å². The molecule has 3 rings (SSSR count). The highest BCUT2D eigenvalue weighted by Gasteiger charge is 2.32. The van der Waals surface area contributed by atoms with Crippen molar-refractivity contribution in [2.45, 2.75) is 19.0 Å². The molecule has 0 atom stereocenters. The van der Waals surface area contributed by atoms with Crippen molar-refractivity contribution in [2.75, 3.05) is 40.4 Å². The third-order valence-electron chi connectivity index (χ3n) is 5.40. The Bertz CT molecular complexity index is 948. The van der Waals surface area contributed by atoms with Gasteiger partial charge in [-0.05, 0) is 42.3 Å². The summed E-state index contributed by atoms with van der Waals surface area (Å²) in [5, 5.41) is 0. The van der Waals surface area contributed by atoms with Crippen molar-refractivity contribution in [3.05, 3.63) is 59.2 Å². The van der Waals surface area contributed by atoms with E-state index in [1.165, 1.54) is 17.0 Å². The molecule has 1 aliphatic heterocycles. The van der Waals surface area contributed by atoms with E-state index in [1.807, 2.05) is 12.1 Å². The molecule has 1 heterocycles. The molecular weight excluding hydrogens is 425 g/mol. The average Bonchev–Trinajstić information content (AvgIpc) is 2.81. The Morgan fingerprint density at radius 3 is 2.06 bits per heavy atom. The highest BCUT2D eigenvalue weighted by atomic mass is 19.4. The number of aryl methyl sites for hydroxylation is 1. The summed E-state index contributed by atoms with van der Waals surface area (Å²) >= 11 is 0. The first-order valence-electron chi connectivity index (χ1n) is 10.2. The minimum atomic E-state index is -4.51. The van der Waals surface area contributed by atoms with Crippen LogP contribution in [0.5, 0.6) is 11.5 Å². The number of halogens is 3. The van der Waals surface area contributed by atoms with E-state index in [1.54, 1.807) is 25.2 Å². The van der Waals surface area contributed by atoms with Crippen LogP contribution in [0.25, 0.3) is 0 Å². The fraction of sp³-hybridized carbons (Fsp3) is 0.391. The van der Waals surface area contributed by atoms with Crippen LogP contribution in [0.4, 0.5) is 13.2 Å². The van der Waals surface area contributed by atoms with Gasteiger partial charge >= 0.3 is 6.18 Å². The molecule has 0 radical (unpaired) electrons. The monoisotopic (exact) mass is 450 g/mol. The number of carbonyl (C=O) groups excluding carboxylic acids is 2. The molecule has 1 fully saturated rings. The normalized spacial score (nSPS) is 14.3. The van der Waals surface area contributed by atoms with Crippen molar-refractivity contribution >= 4 is 11.8 Å². The van der Waals surface area contributed by atoms with E-state index >= 15 is 0 Å². The molecule has 0 aromatic heterocycles. The predicted molar refractivity (Wildman–Crippen MR) is 112 cm³/mol. The summed E-state index contributed by atoms with van der Waals surface area (Å²) in [5.41, 5.74) is 0.0471.